The highest BCUT2D eigenvalue weighted by Gasteiger charge is 2.07. The molecule has 0 bridgehead atoms. The van der Waals surface area contributed by atoms with Crippen molar-refractivity contribution in [3.63, 3.8) is 0 Å². The lowest BCUT2D eigenvalue weighted by Gasteiger charge is -2.22. The molecule has 100 valence electrons. The van der Waals surface area contributed by atoms with Crippen molar-refractivity contribution in [2.75, 3.05) is 19.0 Å². The molecule has 19 heavy (non-hydrogen) atoms. The first-order valence-electron chi connectivity index (χ1n) is 6.24. The molecule has 0 amide bonds. The molecule has 0 aliphatic heterocycles. The zero-order chi connectivity index (χ0) is 13.7. The van der Waals surface area contributed by atoms with E-state index in [1.807, 2.05) is 25.5 Å². The first-order chi connectivity index (χ1) is 9.20. The molecule has 0 atom stereocenters. The fourth-order valence-electron chi connectivity index (χ4n) is 2.11. The Balaban J connectivity index is 2.17. The van der Waals surface area contributed by atoms with E-state index in [1.54, 1.807) is 0 Å². The summed E-state index contributed by atoms with van der Waals surface area (Å²) in [5.74, 6) is 0. The van der Waals surface area contributed by atoms with Gasteiger partial charge in [-0.05, 0) is 30.8 Å². The fraction of sp³-hybridized carbons (Fsp3) is 0.267. The lowest BCUT2D eigenvalue weighted by molar-refractivity contribution is 0.800. The Labute approximate surface area is 122 Å². The lowest BCUT2D eigenvalue weighted by Crippen LogP contribution is -2.19. The van der Waals surface area contributed by atoms with E-state index in [0.717, 1.165) is 17.6 Å². The van der Waals surface area contributed by atoms with Crippen LogP contribution in [0.1, 0.15) is 11.1 Å². The average Bonchev–Trinajstić information content (AvgIpc) is 2.39. The molecule has 4 heteroatoms. The van der Waals surface area contributed by atoms with Crippen molar-refractivity contribution in [3.05, 3.63) is 58.3 Å². The number of nitrogens with one attached hydrogen (secondary N) is 1. The van der Waals surface area contributed by atoms with Crippen LogP contribution in [0.5, 0.6) is 0 Å². The van der Waals surface area contributed by atoms with Crippen molar-refractivity contribution >= 4 is 21.6 Å². The lowest BCUT2D eigenvalue weighted by atomic mass is 10.1. The van der Waals surface area contributed by atoms with Crippen molar-refractivity contribution in [1.82, 2.24) is 10.3 Å². The van der Waals surface area contributed by atoms with Gasteiger partial charge < -0.3 is 10.2 Å². The molecule has 0 spiro atoms. The fourth-order valence-corrected chi connectivity index (χ4v) is 2.56. The second kappa shape index (κ2) is 6.68. The van der Waals surface area contributed by atoms with Gasteiger partial charge in [0, 0.05) is 48.3 Å². The molecule has 1 aromatic heterocycles. The molecule has 0 saturated carbocycles. The Hall–Kier alpha value is -1.39. The molecular weight excluding hydrogens is 302 g/mol. The Morgan fingerprint density at radius 2 is 2.16 bits per heavy atom. The smallest absolute Gasteiger partial charge is 0.0443 e. The number of nitrogens with zero attached hydrogens (tertiary/aromatic N) is 2. The van der Waals surface area contributed by atoms with Gasteiger partial charge in [-0.15, -0.1) is 0 Å². The van der Waals surface area contributed by atoms with Gasteiger partial charge in [0.05, 0.1) is 0 Å². The Bertz CT molecular complexity index is 542. The van der Waals surface area contributed by atoms with Crippen molar-refractivity contribution in [2.24, 2.45) is 0 Å². The van der Waals surface area contributed by atoms with Crippen LogP contribution in [0.4, 0.5) is 5.69 Å². The largest absolute Gasteiger partial charge is 0.370 e. The summed E-state index contributed by atoms with van der Waals surface area (Å²) < 4.78 is 1.11. The number of hydrogen-bond acceptors (Lipinski definition) is 3. The van der Waals surface area contributed by atoms with E-state index in [4.69, 9.17) is 0 Å². The molecule has 3 nitrogen and oxygen atoms in total. The number of rotatable bonds is 5. The summed E-state index contributed by atoms with van der Waals surface area (Å²) >= 11 is 3.51. The molecule has 0 unspecified atom stereocenters. The molecule has 1 N–H and O–H groups in total. The molecular formula is C15H18BrN3. The average molecular weight is 320 g/mol. The molecule has 2 rings (SSSR count). The van der Waals surface area contributed by atoms with Gasteiger partial charge in [0.15, 0.2) is 0 Å². The van der Waals surface area contributed by atoms with Gasteiger partial charge in [0.25, 0.3) is 0 Å². The number of aromatic nitrogens is 1. The molecule has 0 aliphatic carbocycles. The Morgan fingerprint density at radius 1 is 1.32 bits per heavy atom. The van der Waals surface area contributed by atoms with Crippen LogP contribution < -0.4 is 10.2 Å². The first-order valence-corrected chi connectivity index (χ1v) is 7.03. The van der Waals surface area contributed by atoms with Gasteiger partial charge in [-0.3, -0.25) is 4.98 Å². The quantitative estimate of drug-likeness (QED) is 0.917. The van der Waals surface area contributed by atoms with Crippen LogP contribution in [0.3, 0.4) is 0 Å². The number of hydrogen-bond donors (Lipinski definition) is 1. The highest BCUT2D eigenvalue weighted by atomic mass is 79.9. The Kier molecular flexibility index (Phi) is 4.93. The minimum atomic E-state index is 0.825. The molecule has 0 fully saturated rings. The third kappa shape index (κ3) is 3.78. The van der Waals surface area contributed by atoms with Crippen molar-refractivity contribution in [2.45, 2.75) is 13.1 Å². The number of pyridine rings is 1. The molecule has 0 aliphatic rings. The maximum absolute atomic E-state index is 4.19. The molecule has 0 radical (unpaired) electrons. The highest BCUT2D eigenvalue weighted by Crippen LogP contribution is 2.21. The van der Waals surface area contributed by atoms with Crippen molar-refractivity contribution in [1.29, 1.82) is 0 Å². The van der Waals surface area contributed by atoms with Crippen molar-refractivity contribution in [3.8, 4) is 0 Å². The zero-order valence-electron chi connectivity index (χ0n) is 11.2. The van der Waals surface area contributed by atoms with Gasteiger partial charge in [0.1, 0.15) is 0 Å². The van der Waals surface area contributed by atoms with E-state index in [1.165, 1.54) is 16.8 Å². The van der Waals surface area contributed by atoms with E-state index in [0.29, 0.717) is 0 Å². The van der Waals surface area contributed by atoms with Crippen molar-refractivity contribution < 1.29 is 0 Å². The van der Waals surface area contributed by atoms with E-state index in [-0.39, 0.29) is 0 Å². The van der Waals surface area contributed by atoms with Crippen LogP contribution in [0, 0.1) is 0 Å². The summed E-state index contributed by atoms with van der Waals surface area (Å²) in [6.07, 6.45) is 3.76. The third-order valence-corrected chi connectivity index (χ3v) is 3.46. The number of anilines is 1. The van der Waals surface area contributed by atoms with Gasteiger partial charge in [-0.2, -0.15) is 0 Å². The van der Waals surface area contributed by atoms with E-state index >= 15 is 0 Å². The first kappa shape index (κ1) is 14.0. The van der Waals surface area contributed by atoms with Crippen LogP contribution in [-0.4, -0.2) is 19.1 Å². The topological polar surface area (TPSA) is 28.2 Å². The summed E-state index contributed by atoms with van der Waals surface area (Å²) in [6, 6.07) is 10.5. The van der Waals surface area contributed by atoms with Gasteiger partial charge in [-0.25, -0.2) is 0 Å². The summed E-state index contributed by atoms with van der Waals surface area (Å²) in [5, 5.41) is 3.18. The van der Waals surface area contributed by atoms with Crippen LogP contribution >= 0.6 is 15.9 Å². The SMILES string of the molecule is CNCc1cnccc1N(C)Cc1cccc(Br)c1. The molecule has 2 aromatic rings. The standard InChI is InChI=1S/C15H18BrN3/c1-17-9-13-10-18-7-6-15(13)19(2)11-12-4-3-5-14(16)8-12/h3-8,10,17H,9,11H2,1-2H3. The van der Waals surface area contributed by atoms with E-state index in [2.05, 4.69) is 62.4 Å². The number of halogens is 1. The van der Waals surface area contributed by atoms with E-state index in [9.17, 15) is 0 Å². The maximum Gasteiger partial charge on any atom is 0.0443 e. The maximum atomic E-state index is 4.19. The predicted octanol–water partition coefficient (Wildman–Crippen LogP) is 3.20. The zero-order valence-corrected chi connectivity index (χ0v) is 12.8. The third-order valence-electron chi connectivity index (χ3n) is 2.97. The second-order valence-corrected chi connectivity index (χ2v) is 5.44. The monoisotopic (exact) mass is 319 g/mol. The second-order valence-electron chi connectivity index (χ2n) is 4.52. The van der Waals surface area contributed by atoms with Crippen LogP contribution in [-0.2, 0) is 13.1 Å². The van der Waals surface area contributed by atoms with E-state index < -0.39 is 0 Å². The van der Waals surface area contributed by atoms with Crippen LogP contribution in [0.15, 0.2) is 47.2 Å². The minimum Gasteiger partial charge on any atom is -0.370 e. The highest BCUT2D eigenvalue weighted by molar-refractivity contribution is 9.10. The van der Waals surface area contributed by atoms with Crippen LogP contribution in [0.25, 0.3) is 0 Å². The minimum absolute atomic E-state index is 0.825. The predicted molar refractivity (Wildman–Crippen MR) is 83.2 cm³/mol. The van der Waals surface area contributed by atoms with Gasteiger partial charge >= 0.3 is 0 Å². The number of benzene rings is 1. The Morgan fingerprint density at radius 3 is 2.89 bits per heavy atom. The molecule has 1 heterocycles. The summed E-state index contributed by atoms with van der Waals surface area (Å²) in [4.78, 5) is 6.44. The van der Waals surface area contributed by atoms with Gasteiger partial charge in [0.2, 0.25) is 0 Å². The molecule has 1 aromatic carbocycles. The molecule has 0 saturated heterocycles. The normalized spacial score (nSPS) is 10.5. The van der Waals surface area contributed by atoms with Gasteiger partial charge in [-0.1, -0.05) is 28.1 Å². The summed E-state index contributed by atoms with van der Waals surface area (Å²) in [7, 11) is 4.06. The summed E-state index contributed by atoms with van der Waals surface area (Å²) in [6.45, 7) is 1.70. The van der Waals surface area contributed by atoms with Crippen LogP contribution in [0.2, 0.25) is 0 Å². The summed E-state index contributed by atoms with van der Waals surface area (Å²) in [5.41, 5.74) is 3.70.